The number of hydrogen-bond acceptors (Lipinski definition) is 3. The zero-order chi connectivity index (χ0) is 15.8. The molecule has 1 aromatic heterocycles. The van der Waals surface area contributed by atoms with E-state index in [1.165, 1.54) is 44.2 Å². The molecular weight excluding hydrogens is 419 g/mol. The molecular formula is C17H31IN4S. The largest absolute Gasteiger partial charge is 0.356 e. The summed E-state index contributed by atoms with van der Waals surface area (Å²) in [7, 11) is 1.83. The van der Waals surface area contributed by atoms with Crippen LogP contribution in [0.15, 0.2) is 10.4 Å². The van der Waals surface area contributed by atoms with Crippen LogP contribution in [0, 0.1) is 5.92 Å². The SMILES string of the molecule is CN=C(NCCC1CCCCC1)NCc1nc(C(C)C)cs1.I. The smallest absolute Gasteiger partial charge is 0.191 e. The first-order valence-electron chi connectivity index (χ1n) is 8.58. The number of hydrogen-bond donors (Lipinski definition) is 2. The molecule has 0 spiro atoms. The van der Waals surface area contributed by atoms with Crippen LogP contribution < -0.4 is 10.6 Å². The average Bonchev–Trinajstić information content (AvgIpc) is 3.01. The molecule has 1 aliphatic carbocycles. The van der Waals surface area contributed by atoms with E-state index < -0.39 is 0 Å². The van der Waals surface area contributed by atoms with Crippen LogP contribution in [0.2, 0.25) is 0 Å². The number of halogens is 1. The van der Waals surface area contributed by atoms with Gasteiger partial charge in [-0.25, -0.2) is 4.98 Å². The zero-order valence-electron chi connectivity index (χ0n) is 14.6. The topological polar surface area (TPSA) is 49.3 Å². The van der Waals surface area contributed by atoms with E-state index in [0.29, 0.717) is 5.92 Å². The van der Waals surface area contributed by atoms with Crippen LogP contribution in [0.4, 0.5) is 0 Å². The summed E-state index contributed by atoms with van der Waals surface area (Å²) in [5, 5.41) is 10.1. The Hall–Kier alpha value is -0.370. The van der Waals surface area contributed by atoms with Gasteiger partial charge in [-0.1, -0.05) is 46.0 Å². The fourth-order valence-corrected chi connectivity index (χ4v) is 3.82. The minimum Gasteiger partial charge on any atom is -0.356 e. The van der Waals surface area contributed by atoms with Gasteiger partial charge in [0.1, 0.15) is 5.01 Å². The Labute approximate surface area is 162 Å². The summed E-state index contributed by atoms with van der Waals surface area (Å²) < 4.78 is 0. The van der Waals surface area contributed by atoms with Crippen LogP contribution >= 0.6 is 35.3 Å². The van der Waals surface area contributed by atoms with Gasteiger partial charge < -0.3 is 10.6 Å². The van der Waals surface area contributed by atoms with E-state index in [-0.39, 0.29) is 24.0 Å². The number of aromatic nitrogens is 1. The summed E-state index contributed by atoms with van der Waals surface area (Å²) in [5.41, 5.74) is 1.18. The monoisotopic (exact) mass is 450 g/mol. The molecule has 0 bridgehead atoms. The van der Waals surface area contributed by atoms with Gasteiger partial charge in [-0.05, 0) is 18.3 Å². The summed E-state index contributed by atoms with van der Waals surface area (Å²) in [6.45, 7) is 6.12. The summed E-state index contributed by atoms with van der Waals surface area (Å²) in [5.74, 6) is 2.29. The minimum absolute atomic E-state index is 0. The minimum atomic E-state index is 0. The lowest BCUT2D eigenvalue weighted by molar-refractivity contribution is 0.339. The lowest BCUT2D eigenvalue weighted by Crippen LogP contribution is -2.37. The normalized spacial score (nSPS) is 16.3. The molecule has 0 unspecified atom stereocenters. The molecule has 132 valence electrons. The van der Waals surface area contributed by atoms with Gasteiger partial charge in [0.05, 0.1) is 12.2 Å². The van der Waals surface area contributed by atoms with E-state index in [0.717, 1.165) is 30.0 Å². The van der Waals surface area contributed by atoms with Crippen molar-refractivity contribution in [2.45, 2.75) is 64.8 Å². The summed E-state index contributed by atoms with van der Waals surface area (Å²) in [4.78, 5) is 8.94. The van der Waals surface area contributed by atoms with Gasteiger partial charge in [-0.15, -0.1) is 35.3 Å². The molecule has 4 nitrogen and oxygen atoms in total. The third-order valence-electron chi connectivity index (χ3n) is 4.36. The highest BCUT2D eigenvalue weighted by Crippen LogP contribution is 2.25. The Morgan fingerprint density at radius 3 is 2.65 bits per heavy atom. The zero-order valence-corrected chi connectivity index (χ0v) is 17.7. The van der Waals surface area contributed by atoms with E-state index in [4.69, 9.17) is 0 Å². The van der Waals surface area contributed by atoms with Crippen molar-refractivity contribution in [1.82, 2.24) is 15.6 Å². The van der Waals surface area contributed by atoms with Crippen molar-refractivity contribution >= 4 is 41.3 Å². The Balaban J connectivity index is 0.00000264. The van der Waals surface area contributed by atoms with Gasteiger partial charge >= 0.3 is 0 Å². The van der Waals surface area contributed by atoms with Crippen LogP contribution in [0.3, 0.4) is 0 Å². The van der Waals surface area contributed by atoms with E-state index >= 15 is 0 Å². The van der Waals surface area contributed by atoms with Gasteiger partial charge in [-0.3, -0.25) is 4.99 Å². The first-order chi connectivity index (χ1) is 10.7. The molecule has 23 heavy (non-hydrogen) atoms. The van der Waals surface area contributed by atoms with E-state index in [1.54, 1.807) is 11.3 Å². The molecule has 0 amide bonds. The van der Waals surface area contributed by atoms with Gasteiger partial charge in [0.15, 0.2) is 5.96 Å². The second kappa shape index (κ2) is 11.2. The number of aliphatic imine (C=N–C) groups is 1. The molecule has 1 heterocycles. The Morgan fingerprint density at radius 2 is 2.04 bits per heavy atom. The quantitative estimate of drug-likeness (QED) is 0.381. The molecule has 0 atom stereocenters. The molecule has 0 radical (unpaired) electrons. The van der Waals surface area contributed by atoms with Crippen molar-refractivity contribution in [3.8, 4) is 0 Å². The summed E-state index contributed by atoms with van der Waals surface area (Å²) in [6.07, 6.45) is 8.34. The number of nitrogens with zero attached hydrogens (tertiary/aromatic N) is 2. The first-order valence-corrected chi connectivity index (χ1v) is 9.45. The molecule has 1 aromatic rings. The Bertz CT molecular complexity index is 467. The van der Waals surface area contributed by atoms with Crippen molar-refractivity contribution in [1.29, 1.82) is 0 Å². The Morgan fingerprint density at radius 1 is 1.30 bits per heavy atom. The third-order valence-corrected chi connectivity index (χ3v) is 5.23. The number of rotatable bonds is 6. The van der Waals surface area contributed by atoms with E-state index in [2.05, 4.69) is 39.8 Å². The molecule has 6 heteroatoms. The number of guanidine groups is 1. The van der Waals surface area contributed by atoms with Crippen molar-refractivity contribution in [3.05, 3.63) is 16.1 Å². The molecule has 0 saturated heterocycles. The maximum atomic E-state index is 4.64. The molecule has 2 rings (SSSR count). The number of thiazole rings is 1. The predicted octanol–water partition coefficient (Wildman–Crippen LogP) is 4.52. The lowest BCUT2D eigenvalue weighted by atomic mass is 9.87. The van der Waals surface area contributed by atoms with Crippen LogP contribution in [-0.4, -0.2) is 24.5 Å². The van der Waals surface area contributed by atoms with Crippen LogP contribution in [-0.2, 0) is 6.54 Å². The van der Waals surface area contributed by atoms with Gasteiger partial charge in [-0.2, -0.15) is 0 Å². The van der Waals surface area contributed by atoms with Crippen LogP contribution in [0.25, 0.3) is 0 Å². The number of nitrogens with one attached hydrogen (secondary N) is 2. The standard InChI is InChI=1S/C17H30N4S.HI/c1-13(2)15-12-22-16(21-15)11-20-17(18-3)19-10-9-14-7-5-4-6-8-14;/h12-14H,4-11H2,1-3H3,(H2,18,19,20);1H. The Kier molecular flexibility index (Phi) is 10.1. The third kappa shape index (κ3) is 7.37. The highest BCUT2D eigenvalue weighted by Gasteiger charge is 2.13. The van der Waals surface area contributed by atoms with Crippen molar-refractivity contribution in [2.24, 2.45) is 10.9 Å². The second-order valence-electron chi connectivity index (χ2n) is 6.47. The fourth-order valence-electron chi connectivity index (χ4n) is 2.92. The predicted molar refractivity (Wildman–Crippen MR) is 111 cm³/mol. The molecule has 1 fully saturated rings. The fraction of sp³-hybridized carbons (Fsp3) is 0.765. The van der Waals surface area contributed by atoms with E-state index in [9.17, 15) is 0 Å². The van der Waals surface area contributed by atoms with Crippen molar-refractivity contribution in [3.63, 3.8) is 0 Å². The summed E-state index contributed by atoms with van der Waals surface area (Å²) in [6, 6.07) is 0. The van der Waals surface area contributed by atoms with Gasteiger partial charge in [0.2, 0.25) is 0 Å². The molecule has 1 aliphatic rings. The molecule has 2 N–H and O–H groups in total. The maximum absolute atomic E-state index is 4.64. The summed E-state index contributed by atoms with van der Waals surface area (Å²) >= 11 is 1.72. The highest BCUT2D eigenvalue weighted by atomic mass is 127. The highest BCUT2D eigenvalue weighted by molar-refractivity contribution is 14.0. The molecule has 1 saturated carbocycles. The first kappa shape index (κ1) is 20.7. The molecule has 0 aromatic carbocycles. The van der Waals surface area contributed by atoms with Crippen molar-refractivity contribution in [2.75, 3.05) is 13.6 Å². The maximum Gasteiger partial charge on any atom is 0.191 e. The van der Waals surface area contributed by atoms with Crippen LogP contribution in [0.1, 0.15) is 69.0 Å². The average molecular weight is 450 g/mol. The van der Waals surface area contributed by atoms with Gasteiger partial charge in [0, 0.05) is 19.0 Å². The molecule has 0 aliphatic heterocycles. The second-order valence-corrected chi connectivity index (χ2v) is 7.41. The van der Waals surface area contributed by atoms with Gasteiger partial charge in [0.25, 0.3) is 0 Å². The van der Waals surface area contributed by atoms with Crippen LogP contribution in [0.5, 0.6) is 0 Å². The van der Waals surface area contributed by atoms with E-state index in [1.807, 2.05) is 7.05 Å². The lowest BCUT2D eigenvalue weighted by Gasteiger charge is -2.22. The van der Waals surface area contributed by atoms with Crippen molar-refractivity contribution < 1.29 is 0 Å².